The van der Waals surface area contributed by atoms with Crippen LogP contribution >= 0.6 is 0 Å². The summed E-state index contributed by atoms with van der Waals surface area (Å²) in [7, 11) is 0. The largest absolute Gasteiger partial charge is 0.448 e. The van der Waals surface area contributed by atoms with E-state index < -0.39 is 12.0 Å². The Morgan fingerprint density at radius 2 is 1.92 bits per heavy atom. The lowest BCUT2D eigenvalue weighted by Gasteiger charge is -2.24. The molecule has 206 valence electrons. The molecule has 0 saturated heterocycles. The molecule has 1 atom stereocenters. The van der Waals surface area contributed by atoms with Gasteiger partial charge in [-0.25, -0.2) is 10.3 Å². The second-order valence-electron chi connectivity index (χ2n) is 9.62. The Kier molecular flexibility index (Phi) is 12.1. The number of hydrogen-bond donors (Lipinski definition) is 4. The number of fused-ring (bicyclic) bond motifs is 1. The maximum atomic E-state index is 12.1. The summed E-state index contributed by atoms with van der Waals surface area (Å²) >= 11 is 0. The number of alkyl carbamates (subject to hydrolysis) is 1. The van der Waals surface area contributed by atoms with Crippen molar-refractivity contribution in [1.29, 1.82) is 0 Å². The molecule has 0 saturated carbocycles. The molecule has 9 nitrogen and oxygen atoms in total. The molecule has 1 unspecified atom stereocenters. The van der Waals surface area contributed by atoms with E-state index in [9.17, 15) is 9.59 Å². The molecule has 0 fully saturated rings. The normalized spacial score (nSPS) is 14.5. The predicted molar refractivity (Wildman–Crippen MR) is 148 cm³/mol. The molecule has 1 aliphatic heterocycles. The minimum Gasteiger partial charge on any atom is -0.448 e. The third-order valence-electron chi connectivity index (χ3n) is 6.34. The number of para-hydroxylation sites is 1. The SMILES string of the molecule is CC(C)OCCCNC(=O)OCCN(CCC1CNc2ccccc21)Cc1ccc(/C=C/C(=O)NO)cc1. The summed E-state index contributed by atoms with van der Waals surface area (Å²) in [5, 5.41) is 14.9. The second-order valence-corrected chi connectivity index (χ2v) is 9.62. The molecule has 3 rings (SSSR count). The van der Waals surface area contributed by atoms with E-state index in [4.69, 9.17) is 14.7 Å². The van der Waals surface area contributed by atoms with E-state index in [1.165, 1.54) is 17.3 Å². The lowest BCUT2D eigenvalue weighted by atomic mass is 9.97. The lowest BCUT2D eigenvalue weighted by molar-refractivity contribution is -0.124. The molecule has 9 heteroatoms. The molecular formula is C29H40N4O5. The third kappa shape index (κ3) is 10.2. The van der Waals surface area contributed by atoms with Gasteiger partial charge in [-0.15, -0.1) is 0 Å². The van der Waals surface area contributed by atoms with Crippen molar-refractivity contribution in [3.63, 3.8) is 0 Å². The molecule has 2 aromatic rings. The van der Waals surface area contributed by atoms with Crippen LogP contribution < -0.4 is 16.1 Å². The number of ether oxygens (including phenoxy) is 2. The smallest absolute Gasteiger partial charge is 0.407 e. The van der Waals surface area contributed by atoms with Crippen molar-refractivity contribution in [2.45, 2.75) is 45.3 Å². The molecule has 38 heavy (non-hydrogen) atoms. The van der Waals surface area contributed by atoms with Crippen LogP contribution in [0.5, 0.6) is 0 Å². The van der Waals surface area contributed by atoms with Gasteiger partial charge in [-0.1, -0.05) is 42.5 Å². The maximum absolute atomic E-state index is 12.1. The van der Waals surface area contributed by atoms with Crippen molar-refractivity contribution < 1.29 is 24.3 Å². The second kappa shape index (κ2) is 15.8. The van der Waals surface area contributed by atoms with Crippen molar-refractivity contribution in [3.8, 4) is 0 Å². The van der Waals surface area contributed by atoms with Crippen LogP contribution in [0.4, 0.5) is 10.5 Å². The van der Waals surface area contributed by atoms with Crippen LogP contribution in [0.25, 0.3) is 6.08 Å². The van der Waals surface area contributed by atoms with Gasteiger partial charge in [-0.3, -0.25) is 14.9 Å². The predicted octanol–water partition coefficient (Wildman–Crippen LogP) is 4.15. The Hall–Kier alpha value is -3.40. The number of hydrogen-bond acceptors (Lipinski definition) is 7. The monoisotopic (exact) mass is 524 g/mol. The molecular weight excluding hydrogens is 484 g/mol. The van der Waals surface area contributed by atoms with Gasteiger partial charge in [-0.2, -0.15) is 0 Å². The van der Waals surface area contributed by atoms with Crippen LogP contribution in [0, 0.1) is 0 Å². The van der Waals surface area contributed by atoms with Crippen LogP contribution in [-0.4, -0.2) is 67.6 Å². The third-order valence-corrected chi connectivity index (χ3v) is 6.34. The first-order chi connectivity index (χ1) is 18.4. The highest BCUT2D eigenvalue weighted by molar-refractivity contribution is 5.90. The van der Waals surface area contributed by atoms with Crippen molar-refractivity contribution in [1.82, 2.24) is 15.7 Å². The van der Waals surface area contributed by atoms with Crippen molar-refractivity contribution in [3.05, 3.63) is 71.3 Å². The van der Waals surface area contributed by atoms with Gasteiger partial charge < -0.3 is 20.1 Å². The van der Waals surface area contributed by atoms with Gasteiger partial charge >= 0.3 is 6.09 Å². The van der Waals surface area contributed by atoms with E-state index in [1.54, 1.807) is 11.6 Å². The highest BCUT2D eigenvalue weighted by Gasteiger charge is 2.22. The van der Waals surface area contributed by atoms with Gasteiger partial charge in [0, 0.05) is 50.5 Å². The Bertz CT molecular complexity index is 1040. The first-order valence-electron chi connectivity index (χ1n) is 13.2. The van der Waals surface area contributed by atoms with Gasteiger partial charge in [0.25, 0.3) is 5.91 Å². The number of anilines is 1. The van der Waals surface area contributed by atoms with Gasteiger partial charge in [0.15, 0.2) is 0 Å². The molecule has 2 amide bonds. The van der Waals surface area contributed by atoms with Crippen LogP contribution in [0.1, 0.15) is 49.3 Å². The number of rotatable bonds is 15. The number of nitrogens with zero attached hydrogens (tertiary/aromatic N) is 1. The molecule has 0 bridgehead atoms. The Labute approximate surface area is 225 Å². The number of carbonyl (C=O) groups excluding carboxylic acids is 2. The highest BCUT2D eigenvalue weighted by Crippen LogP contribution is 2.33. The Morgan fingerprint density at radius 3 is 2.68 bits per heavy atom. The number of amides is 2. The zero-order valence-electron chi connectivity index (χ0n) is 22.3. The first kappa shape index (κ1) is 29.2. The maximum Gasteiger partial charge on any atom is 0.407 e. The van der Waals surface area contributed by atoms with Crippen LogP contribution in [0.15, 0.2) is 54.6 Å². The fourth-order valence-electron chi connectivity index (χ4n) is 4.32. The Morgan fingerprint density at radius 1 is 1.13 bits per heavy atom. The fourth-order valence-corrected chi connectivity index (χ4v) is 4.32. The zero-order valence-corrected chi connectivity index (χ0v) is 22.3. The molecule has 0 aromatic heterocycles. The van der Waals surface area contributed by atoms with Crippen molar-refractivity contribution in [2.75, 3.05) is 44.7 Å². The average molecular weight is 525 g/mol. The summed E-state index contributed by atoms with van der Waals surface area (Å²) in [4.78, 5) is 25.6. The zero-order chi connectivity index (χ0) is 27.2. The van der Waals surface area contributed by atoms with Gasteiger partial charge in [-0.05, 0) is 62.1 Å². The van der Waals surface area contributed by atoms with Crippen LogP contribution in [0.3, 0.4) is 0 Å². The minimum atomic E-state index is -0.573. The van der Waals surface area contributed by atoms with Crippen molar-refractivity contribution >= 4 is 23.8 Å². The minimum absolute atomic E-state index is 0.182. The molecule has 1 heterocycles. The summed E-state index contributed by atoms with van der Waals surface area (Å²) in [5.74, 6) is -0.132. The van der Waals surface area contributed by atoms with E-state index in [1.807, 2.05) is 38.1 Å². The summed E-state index contributed by atoms with van der Waals surface area (Å²) in [6.07, 6.45) is 4.41. The molecule has 4 N–H and O–H groups in total. The molecule has 0 radical (unpaired) electrons. The fraction of sp³-hybridized carbons (Fsp3) is 0.448. The summed E-state index contributed by atoms with van der Waals surface area (Å²) in [5.41, 5.74) is 6.12. The lowest BCUT2D eigenvalue weighted by Crippen LogP contribution is -2.32. The van der Waals surface area contributed by atoms with E-state index in [0.717, 1.165) is 37.1 Å². The Balaban J connectivity index is 1.52. The number of benzene rings is 2. The molecule has 0 spiro atoms. The first-order valence-corrected chi connectivity index (χ1v) is 13.2. The van der Waals surface area contributed by atoms with E-state index in [0.29, 0.717) is 38.8 Å². The van der Waals surface area contributed by atoms with Gasteiger partial charge in [0.2, 0.25) is 0 Å². The summed E-state index contributed by atoms with van der Waals surface area (Å²) in [6.45, 7) is 8.50. The molecule has 2 aromatic carbocycles. The van der Waals surface area contributed by atoms with Crippen molar-refractivity contribution in [2.24, 2.45) is 0 Å². The van der Waals surface area contributed by atoms with Crippen LogP contribution in [-0.2, 0) is 20.8 Å². The summed E-state index contributed by atoms with van der Waals surface area (Å²) < 4.78 is 10.9. The quantitative estimate of drug-likeness (QED) is 0.120. The van der Waals surface area contributed by atoms with E-state index >= 15 is 0 Å². The highest BCUT2D eigenvalue weighted by atomic mass is 16.5. The number of carbonyl (C=O) groups is 2. The van der Waals surface area contributed by atoms with Crippen LogP contribution in [0.2, 0.25) is 0 Å². The average Bonchev–Trinajstić information content (AvgIpc) is 3.33. The van der Waals surface area contributed by atoms with Gasteiger partial charge in [0.05, 0.1) is 6.10 Å². The summed E-state index contributed by atoms with van der Waals surface area (Å²) in [6, 6.07) is 16.3. The van der Waals surface area contributed by atoms with E-state index in [2.05, 4.69) is 39.8 Å². The molecule has 1 aliphatic rings. The van der Waals surface area contributed by atoms with Gasteiger partial charge in [0.1, 0.15) is 6.61 Å². The molecule has 0 aliphatic carbocycles. The number of hydroxylamine groups is 1. The standard InChI is InChI=1S/C29H40N4O5/c1-22(2)37-18-5-15-30-29(35)38-19-17-33(16-14-25-20-31-27-7-4-3-6-26(25)27)21-24-10-8-23(9-11-24)12-13-28(34)32-36/h3-4,6-13,22,25,31,36H,5,14-21H2,1-2H3,(H,30,35)(H,32,34)/b13-12+. The van der Waals surface area contributed by atoms with E-state index in [-0.39, 0.29) is 6.10 Å². The number of nitrogens with one attached hydrogen (secondary N) is 3. The topological polar surface area (TPSA) is 112 Å².